The van der Waals surface area contributed by atoms with E-state index in [2.05, 4.69) is 15.8 Å². The van der Waals surface area contributed by atoms with Gasteiger partial charge in [-0.3, -0.25) is 9.59 Å². The van der Waals surface area contributed by atoms with E-state index in [0.717, 1.165) is 23.2 Å². The molecule has 1 atom stereocenters. The van der Waals surface area contributed by atoms with Crippen LogP contribution in [-0.4, -0.2) is 17.0 Å². The molecule has 1 aliphatic rings. The largest absolute Gasteiger partial charge is 0.351 e. The Kier molecular flexibility index (Phi) is 3.66. The second kappa shape index (κ2) is 5.63. The average Bonchev–Trinajstić information content (AvgIpc) is 2.93. The van der Waals surface area contributed by atoms with Crippen molar-refractivity contribution in [3.63, 3.8) is 0 Å². The number of nitrogens with one attached hydrogen (secondary N) is 2. The maximum atomic E-state index is 12.1. The van der Waals surface area contributed by atoms with Crippen LogP contribution in [0.5, 0.6) is 0 Å². The molecule has 2 amide bonds. The van der Waals surface area contributed by atoms with Gasteiger partial charge in [0.05, 0.1) is 11.7 Å². The topological polar surface area (TPSA) is 84.2 Å². The van der Waals surface area contributed by atoms with Crippen LogP contribution < -0.4 is 10.6 Å². The molecule has 2 N–H and O–H groups in total. The van der Waals surface area contributed by atoms with Gasteiger partial charge in [0.2, 0.25) is 11.7 Å². The SMILES string of the molecule is Cc1cc(C(=O)N[C@@H](C)c2ccc3c(c2)CCC(=O)N3)on1. The van der Waals surface area contributed by atoms with Crippen molar-refractivity contribution in [2.45, 2.75) is 32.7 Å². The maximum Gasteiger partial charge on any atom is 0.290 e. The maximum absolute atomic E-state index is 12.1. The first-order valence-electron chi connectivity index (χ1n) is 7.20. The number of carbonyl (C=O) groups is 2. The van der Waals surface area contributed by atoms with Crippen LogP contribution in [0.1, 0.15) is 46.8 Å². The molecule has 0 spiro atoms. The molecule has 22 heavy (non-hydrogen) atoms. The van der Waals surface area contributed by atoms with Crippen LogP contribution in [0.4, 0.5) is 5.69 Å². The Morgan fingerprint density at radius 1 is 1.36 bits per heavy atom. The number of aromatic nitrogens is 1. The highest BCUT2D eigenvalue weighted by Gasteiger charge is 2.18. The monoisotopic (exact) mass is 299 g/mol. The van der Waals surface area contributed by atoms with Crippen LogP contribution in [0.15, 0.2) is 28.8 Å². The number of anilines is 1. The lowest BCUT2D eigenvalue weighted by Gasteiger charge is -2.20. The van der Waals surface area contributed by atoms with Gasteiger partial charge in [-0.1, -0.05) is 17.3 Å². The van der Waals surface area contributed by atoms with E-state index in [9.17, 15) is 9.59 Å². The summed E-state index contributed by atoms with van der Waals surface area (Å²) in [6.07, 6.45) is 1.21. The van der Waals surface area contributed by atoms with Gasteiger partial charge in [0.1, 0.15) is 0 Å². The molecule has 6 nitrogen and oxygen atoms in total. The van der Waals surface area contributed by atoms with Gasteiger partial charge in [0.25, 0.3) is 5.91 Å². The Balaban J connectivity index is 1.74. The Bertz CT molecular complexity index is 736. The predicted molar refractivity (Wildman–Crippen MR) is 80.5 cm³/mol. The minimum Gasteiger partial charge on any atom is -0.351 e. The third-order valence-electron chi connectivity index (χ3n) is 3.72. The van der Waals surface area contributed by atoms with Gasteiger partial charge in [-0.15, -0.1) is 0 Å². The van der Waals surface area contributed by atoms with Gasteiger partial charge in [-0.25, -0.2) is 0 Å². The Hall–Kier alpha value is -2.63. The minimum atomic E-state index is -0.292. The summed E-state index contributed by atoms with van der Waals surface area (Å²) in [6.45, 7) is 3.67. The molecule has 3 rings (SSSR count). The highest BCUT2D eigenvalue weighted by Crippen LogP contribution is 2.26. The third kappa shape index (κ3) is 2.86. The first kappa shape index (κ1) is 14.3. The van der Waals surface area contributed by atoms with Gasteiger partial charge in [-0.05, 0) is 37.5 Å². The number of benzene rings is 1. The van der Waals surface area contributed by atoms with E-state index < -0.39 is 0 Å². The summed E-state index contributed by atoms with van der Waals surface area (Å²) in [5.74, 6) is -0.0454. The van der Waals surface area contributed by atoms with E-state index in [-0.39, 0.29) is 23.6 Å². The second-order valence-electron chi connectivity index (χ2n) is 5.49. The number of amides is 2. The minimum absolute atomic E-state index is 0.0438. The van der Waals surface area contributed by atoms with Crippen molar-refractivity contribution in [3.05, 3.63) is 46.8 Å². The molecule has 6 heteroatoms. The molecule has 0 fully saturated rings. The van der Waals surface area contributed by atoms with E-state index in [1.807, 2.05) is 25.1 Å². The predicted octanol–water partition coefficient (Wildman–Crippen LogP) is 2.36. The summed E-state index contributed by atoms with van der Waals surface area (Å²) in [7, 11) is 0. The zero-order valence-corrected chi connectivity index (χ0v) is 12.5. The van der Waals surface area contributed by atoms with Crippen molar-refractivity contribution in [1.29, 1.82) is 0 Å². The lowest BCUT2D eigenvalue weighted by molar-refractivity contribution is -0.116. The molecule has 1 aliphatic heterocycles. The average molecular weight is 299 g/mol. The lowest BCUT2D eigenvalue weighted by Crippen LogP contribution is -2.26. The zero-order chi connectivity index (χ0) is 15.7. The Morgan fingerprint density at radius 2 is 2.18 bits per heavy atom. The van der Waals surface area contributed by atoms with E-state index in [0.29, 0.717) is 12.1 Å². The molecular formula is C16H17N3O3. The van der Waals surface area contributed by atoms with Crippen molar-refractivity contribution in [2.24, 2.45) is 0 Å². The lowest BCUT2D eigenvalue weighted by atomic mass is 9.98. The summed E-state index contributed by atoms with van der Waals surface area (Å²) in [5.41, 5.74) is 3.60. The van der Waals surface area contributed by atoms with Gasteiger partial charge in [0.15, 0.2) is 0 Å². The molecule has 2 aromatic rings. The molecule has 0 saturated heterocycles. The van der Waals surface area contributed by atoms with Crippen LogP contribution in [0.25, 0.3) is 0 Å². The molecule has 0 aliphatic carbocycles. The molecule has 0 unspecified atom stereocenters. The molecular weight excluding hydrogens is 282 g/mol. The molecule has 114 valence electrons. The summed E-state index contributed by atoms with van der Waals surface area (Å²) in [4.78, 5) is 23.4. The van der Waals surface area contributed by atoms with Crippen LogP contribution in [0.3, 0.4) is 0 Å². The number of rotatable bonds is 3. The van der Waals surface area contributed by atoms with Crippen LogP contribution >= 0.6 is 0 Å². The highest BCUT2D eigenvalue weighted by atomic mass is 16.5. The fourth-order valence-electron chi connectivity index (χ4n) is 2.49. The van der Waals surface area contributed by atoms with Crippen molar-refractivity contribution in [3.8, 4) is 0 Å². The number of fused-ring (bicyclic) bond motifs is 1. The normalized spacial score (nSPS) is 14.9. The van der Waals surface area contributed by atoms with Crippen LogP contribution in [-0.2, 0) is 11.2 Å². The summed E-state index contributed by atoms with van der Waals surface area (Å²) in [6, 6.07) is 7.24. The van der Waals surface area contributed by atoms with Crippen molar-refractivity contribution in [2.75, 3.05) is 5.32 Å². The highest BCUT2D eigenvalue weighted by molar-refractivity contribution is 5.94. The summed E-state index contributed by atoms with van der Waals surface area (Å²) >= 11 is 0. The zero-order valence-electron chi connectivity index (χ0n) is 12.5. The molecule has 1 aromatic carbocycles. The van der Waals surface area contributed by atoms with Gasteiger partial charge in [0, 0.05) is 18.2 Å². The number of aryl methyl sites for hydroxylation is 2. The number of carbonyl (C=O) groups excluding carboxylic acids is 2. The fourth-order valence-corrected chi connectivity index (χ4v) is 2.49. The van der Waals surface area contributed by atoms with Crippen molar-refractivity contribution < 1.29 is 14.1 Å². The fraction of sp³-hybridized carbons (Fsp3) is 0.312. The second-order valence-corrected chi connectivity index (χ2v) is 5.49. The van der Waals surface area contributed by atoms with Crippen LogP contribution in [0, 0.1) is 6.92 Å². The molecule has 0 radical (unpaired) electrons. The number of hydrogen-bond donors (Lipinski definition) is 2. The van der Waals surface area contributed by atoms with E-state index in [1.165, 1.54) is 0 Å². The quantitative estimate of drug-likeness (QED) is 0.911. The smallest absolute Gasteiger partial charge is 0.290 e. The first-order valence-corrected chi connectivity index (χ1v) is 7.20. The van der Waals surface area contributed by atoms with Gasteiger partial charge < -0.3 is 15.2 Å². The Morgan fingerprint density at radius 3 is 2.91 bits per heavy atom. The van der Waals surface area contributed by atoms with Crippen LogP contribution in [0.2, 0.25) is 0 Å². The molecule has 2 heterocycles. The van der Waals surface area contributed by atoms with Gasteiger partial charge in [-0.2, -0.15) is 0 Å². The summed E-state index contributed by atoms with van der Waals surface area (Å²) < 4.78 is 4.96. The van der Waals surface area contributed by atoms with E-state index in [1.54, 1.807) is 13.0 Å². The number of nitrogens with zero attached hydrogens (tertiary/aromatic N) is 1. The standard InChI is InChI=1S/C16H17N3O3/c1-9-7-14(22-19-9)16(21)17-10(2)11-3-5-13-12(8-11)4-6-15(20)18-13/h3,5,7-8,10H,4,6H2,1-2H3,(H,17,21)(H,18,20)/t10-/m0/s1. The third-order valence-corrected chi connectivity index (χ3v) is 3.72. The molecule has 0 bridgehead atoms. The number of hydrogen-bond acceptors (Lipinski definition) is 4. The molecule has 1 aromatic heterocycles. The molecule has 0 saturated carbocycles. The van der Waals surface area contributed by atoms with Crippen molar-refractivity contribution in [1.82, 2.24) is 10.5 Å². The summed E-state index contributed by atoms with van der Waals surface area (Å²) in [5, 5.41) is 9.43. The van der Waals surface area contributed by atoms with E-state index in [4.69, 9.17) is 4.52 Å². The van der Waals surface area contributed by atoms with E-state index >= 15 is 0 Å². The first-order chi connectivity index (χ1) is 10.5. The van der Waals surface area contributed by atoms with Crippen molar-refractivity contribution >= 4 is 17.5 Å². The van der Waals surface area contributed by atoms with Gasteiger partial charge >= 0.3 is 0 Å². The Labute approximate surface area is 127 Å².